The van der Waals surface area contributed by atoms with Crippen molar-refractivity contribution in [3.05, 3.63) is 41.2 Å². The molecule has 1 aromatic heterocycles. The summed E-state index contributed by atoms with van der Waals surface area (Å²) in [7, 11) is 0.214. The van der Waals surface area contributed by atoms with Gasteiger partial charge in [0, 0.05) is 12.6 Å². The standard InChI is InChI=1S/C17H26N4O3S/c1-6-24-15-9-7-14(8-10-15)16(21(4)5)11-18-25(22,23)17-12(2)19-20-13(17)3/h7-10,16,18H,6,11H2,1-5H3,(H,19,20). The van der Waals surface area contributed by atoms with Gasteiger partial charge in [-0.25, -0.2) is 13.1 Å². The Bertz CT molecular complexity index is 778. The minimum atomic E-state index is -3.63. The predicted octanol–water partition coefficient (Wildman–Crippen LogP) is 2.01. The molecule has 138 valence electrons. The van der Waals surface area contributed by atoms with Crippen molar-refractivity contribution in [2.24, 2.45) is 0 Å². The van der Waals surface area contributed by atoms with E-state index >= 15 is 0 Å². The minimum absolute atomic E-state index is 0.0991. The molecule has 25 heavy (non-hydrogen) atoms. The monoisotopic (exact) mass is 366 g/mol. The van der Waals surface area contributed by atoms with Crippen molar-refractivity contribution in [3.63, 3.8) is 0 Å². The molecule has 1 heterocycles. The molecule has 0 aliphatic heterocycles. The van der Waals surface area contributed by atoms with E-state index in [1.807, 2.05) is 50.2 Å². The normalized spacial score (nSPS) is 13.2. The third-order valence-corrected chi connectivity index (χ3v) is 5.68. The molecule has 0 aliphatic carbocycles. The number of aromatic nitrogens is 2. The van der Waals surface area contributed by atoms with E-state index in [9.17, 15) is 8.42 Å². The predicted molar refractivity (Wildman–Crippen MR) is 97.3 cm³/mol. The quantitative estimate of drug-likeness (QED) is 0.746. The van der Waals surface area contributed by atoms with Gasteiger partial charge in [0.1, 0.15) is 10.6 Å². The molecular weight excluding hydrogens is 340 g/mol. The van der Waals surface area contributed by atoms with E-state index in [-0.39, 0.29) is 17.5 Å². The van der Waals surface area contributed by atoms with Gasteiger partial charge in [-0.05, 0) is 52.6 Å². The average molecular weight is 366 g/mol. The molecule has 1 atom stereocenters. The van der Waals surface area contributed by atoms with Crippen molar-refractivity contribution in [2.75, 3.05) is 27.2 Å². The van der Waals surface area contributed by atoms with Gasteiger partial charge < -0.3 is 9.64 Å². The van der Waals surface area contributed by atoms with E-state index < -0.39 is 10.0 Å². The van der Waals surface area contributed by atoms with Crippen LogP contribution in [0.1, 0.15) is 29.9 Å². The second-order valence-corrected chi connectivity index (χ2v) is 7.80. The molecule has 0 amide bonds. The van der Waals surface area contributed by atoms with Crippen LogP contribution in [0, 0.1) is 13.8 Å². The van der Waals surface area contributed by atoms with Gasteiger partial charge in [-0.2, -0.15) is 5.10 Å². The molecule has 2 aromatic rings. The molecule has 0 aliphatic rings. The number of rotatable bonds is 8. The topological polar surface area (TPSA) is 87.3 Å². The Labute approximate surface area is 149 Å². The summed E-state index contributed by atoms with van der Waals surface area (Å²) in [5.74, 6) is 0.800. The van der Waals surface area contributed by atoms with Gasteiger partial charge >= 0.3 is 0 Å². The van der Waals surface area contributed by atoms with Gasteiger partial charge in [-0.15, -0.1) is 0 Å². The zero-order chi connectivity index (χ0) is 18.6. The fourth-order valence-corrected chi connectivity index (χ4v) is 4.15. The maximum absolute atomic E-state index is 12.6. The number of aromatic amines is 1. The number of hydrogen-bond acceptors (Lipinski definition) is 5. The summed E-state index contributed by atoms with van der Waals surface area (Å²) in [6.07, 6.45) is 0. The molecule has 0 fully saturated rings. The number of nitrogens with zero attached hydrogens (tertiary/aromatic N) is 2. The van der Waals surface area contributed by atoms with Crippen molar-refractivity contribution in [2.45, 2.75) is 31.7 Å². The highest BCUT2D eigenvalue weighted by Gasteiger charge is 2.24. The zero-order valence-corrected chi connectivity index (χ0v) is 16.1. The molecule has 1 aromatic carbocycles. The first kappa shape index (κ1) is 19.4. The molecule has 0 saturated heterocycles. The van der Waals surface area contributed by atoms with Crippen LogP contribution in [0.5, 0.6) is 5.75 Å². The lowest BCUT2D eigenvalue weighted by Gasteiger charge is -2.25. The van der Waals surface area contributed by atoms with E-state index in [1.165, 1.54) is 0 Å². The molecule has 7 nitrogen and oxygen atoms in total. The van der Waals surface area contributed by atoms with Crippen LogP contribution in [0.4, 0.5) is 0 Å². The number of ether oxygens (including phenoxy) is 1. The Hall–Kier alpha value is -1.90. The number of aryl methyl sites for hydroxylation is 2. The van der Waals surface area contributed by atoms with Crippen LogP contribution >= 0.6 is 0 Å². The third kappa shape index (κ3) is 4.59. The molecule has 2 N–H and O–H groups in total. The van der Waals surface area contributed by atoms with Gasteiger partial charge in [0.2, 0.25) is 10.0 Å². The highest BCUT2D eigenvalue weighted by atomic mass is 32.2. The highest BCUT2D eigenvalue weighted by molar-refractivity contribution is 7.89. The van der Waals surface area contributed by atoms with E-state index in [0.29, 0.717) is 18.0 Å². The molecule has 0 spiro atoms. The van der Waals surface area contributed by atoms with Crippen LogP contribution < -0.4 is 9.46 Å². The number of hydrogen-bond donors (Lipinski definition) is 2. The first-order valence-electron chi connectivity index (χ1n) is 8.16. The molecule has 0 bridgehead atoms. The van der Waals surface area contributed by atoms with Crippen molar-refractivity contribution in [1.82, 2.24) is 19.8 Å². The number of H-pyrrole nitrogens is 1. The van der Waals surface area contributed by atoms with Crippen LogP contribution in [0.15, 0.2) is 29.2 Å². The lowest BCUT2D eigenvalue weighted by molar-refractivity contribution is 0.298. The number of benzene rings is 1. The summed E-state index contributed by atoms with van der Waals surface area (Å²) in [5, 5.41) is 6.67. The van der Waals surface area contributed by atoms with Crippen molar-refractivity contribution in [1.29, 1.82) is 0 Å². The van der Waals surface area contributed by atoms with Crippen LogP contribution in [-0.4, -0.2) is 50.8 Å². The van der Waals surface area contributed by atoms with Gasteiger partial charge in [0.05, 0.1) is 18.0 Å². The Morgan fingerprint density at radius 3 is 2.36 bits per heavy atom. The van der Waals surface area contributed by atoms with Gasteiger partial charge in [0.25, 0.3) is 0 Å². The van der Waals surface area contributed by atoms with Crippen LogP contribution in [0.3, 0.4) is 0 Å². The third-order valence-electron chi connectivity index (χ3n) is 4.00. The summed E-state index contributed by atoms with van der Waals surface area (Å²) in [5.41, 5.74) is 2.01. The SMILES string of the molecule is CCOc1ccc(C(CNS(=O)(=O)c2c(C)n[nH]c2C)N(C)C)cc1. The summed E-state index contributed by atoms with van der Waals surface area (Å²) in [6, 6.07) is 7.61. The Balaban J connectivity index is 2.17. The van der Waals surface area contributed by atoms with Gasteiger partial charge in [0.15, 0.2) is 0 Å². The van der Waals surface area contributed by atoms with Crippen LogP contribution in [0.2, 0.25) is 0 Å². The zero-order valence-electron chi connectivity index (χ0n) is 15.3. The minimum Gasteiger partial charge on any atom is -0.494 e. The molecule has 1 unspecified atom stereocenters. The first-order valence-corrected chi connectivity index (χ1v) is 9.65. The fourth-order valence-electron chi connectivity index (χ4n) is 2.75. The molecule has 2 rings (SSSR count). The maximum Gasteiger partial charge on any atom is 0.244 e. The van der Waals surface area contributed by atoms with Gasteiger partial charge in [-0.3, -0.25) is 5.10 Å². The first-order chi connectivity index (χ1) is 11.8. The Morgan fingerprint density at radius 1 is 1.24 bits per heavy atom. The fraction of sp³-hybridized carbons (Fsp3) is 0.471. The van der Waals surface area contributed by atoms with Crippen LogP contribution in [0.25, 0.3) is 0 Å². The summed E-state index contributed by atoms with van der Waals surface area (Å²) >= 11 is 0. The Morgan fingerprint density at radius 2 is 1.88 bits per heavy atom. The van der Waals surface area contributed by atoms with E-state index in [2.05, 4.69) is 14.9 Å². The lowest BCUT2D eigenvalue weighted by atomic mass is 10.1. The summed E-state index contributed by atoms with van der Waals surface area (Å²) in [4.78, 5) is 2.20. The van der Waals surface area contributed by atoms with E-state index in [4.69, 9.17) is 4.74 Å². The molecule has 0 saturated carbocycles. The largest absolute Gasteiger partial charge is 0.494 e. The van der Waals surface area contributed by atoms with Crippen molar-refractivity contribution < 1.29 is 13.2 Å². The average Bonchev–Trinajstić information content (AvgIpc) is 2.88. The van der Waals surface area contributed by atoms with Crippen molar-refractivity contribution in [3.8, 4) is 5.75 Å². The Kier molecular flexibility index (Phi) is 6.21. The number of likely N-dealkylation sites (N-methyl/N-ethyl adjacent to an activating group) is 1. The smallest absolute Gasteiger partial charge is 0.244 e. The number of sulfonamides is 1. The second kappa shape index (κ2) is 7.99. The lowest BCUT2D eigenvalue weighted by Crippen LogP contribution is -2.34. The molecular formula is C17H26N4O3S. The summed E-state index contributed by atoms with van der Waals surface area (Å²) in [6.45, 7) is 6.18. The molecule has 0 radical (unpaired) electrons. The van der Waals surface area contributed by atoms with Crippen LogP contribution in [-0.2, 0) is 10.0 Å². The van der Waals surface area contributed by atoms with Gasteiger partial charge in [-0.1, -0.05) is 12.1 Å². The van der Waals surface area contributed by atoms with E-state index in [0.717, 1.165) is 11.3 Å². The van der Waals surface area contributed by atoms with E-state index in [1.54, 1.807) is 13.8 Å². The number of nitrogens with one attached hydrogen (secondary N) is 2. The highest BCUT2D eigenvalue weighted by Crippen LogP contribution is 2.22. The summed E-state index contributed by atoms with van der Waals surface area (Å²) < 4.78 is 33.4. The van der Waals surface area contributed by atoms with Crippen molar-refractivity contribution >= 4 is 10.0 Å². The molecule has 8 heteroatoms. The maximum atomic E-state index is 12.6. The second-order valence-electron chi connectivity index (χ2n) is 6.10.